The van der Waals surface area contributed by atoms with E-state index < -0.39 is 0 Å². The van der Waals surface area contributed by atoms with E-state index in [-0.39, 0.29) is 5.97 Å². The lowest BCUT2D eigenvalue weighted by molar-refractivity contribution is -0.140. The monoisotopic (exact) mass is 208 g/mol. The highest BCUT2D eigenvalue weighted by Gasteiger charge is 2.05. The van der Waals surface area contributed by atoms with Gasteiger partial charge in [0.15, 0.2) is 0 Å². The van der Waals surface area contributed by atoms with Gasteiger partial charge in [0.25, 0.3) is 0 Å². The molecule has 0 spiro atoms. The molecule has 0 aliphatic rings. The SMILES string of the molecule is COC(=O)CCN(C)c1ccc(C)cn1. The Labute approximate surface area is 89.9 Å². The normalized spacial score (nSPS) is 9.80. The Kier molecular flexibility index (Phi) is 4.09. The maximum absolute atomic E-state index is 10.9. The Bertz CT molecular complexity index is 322. The Morgan fingerprint density at radius 1 is 1.53 bits per heavy atom. The van der Waals surface area contributed by atoms with Gasteiger partial charge in [-0.3, -0.25) is 4.79 Å². The third-order valence-electron chi connectivity index (χ3n) is 2.17. The van der Waals surface area contributed by atoms with E-state index in [0.29, 0.717) is 13.0 Å². The first-order chi connectivity index (χ1) is 7.13. The number of pyridine rings is 1. The van der Waals surface area contributed by atoms with Gasteiger partial charge >= 0.3 is 5.97 Å². The molecule has 0 saturated carbocycles. The summed E-state index contributed by atoms with van der Waals surface area (Å²) >= 11 is 0. The van der Waals surface area contributed by atoms with E-state index in [1.807, 2.05) is 37.2 Å². The molecule has 0 radical (unpaired) electrons. The number of hydrogen-bond donors (Lipinski definition) is 0. The van der Waals surface area contributed by atoms with E-state index in [4.69, 9.17) is 0 Å². The zero-order valence-corrected chi connectivity index (χ0v) is 9.36. The minimum absolute atomic E-state index is 0.200. The molecule has 0 aromatic carbocycles. The highest BCUT2D eigenvalue weighted by Crippen LogP contribution is 2.09. The van der Waals surface area contributed by atoms with Crippen molar-refractivity contribution in [2.24, 2.45) is 0 Å². The standard InChI is InChI=1S/C11H16N2O2/c1-9-4-5-10(12-8-9)13(2)7-6-11(14)15-3/h4-5,8H,6-7H2,1-3H3. The molecular formula is C11H16N2O2. The van der Waals surface area contributed by atoms with Crippen LogP contribution in [0.25, 0.3) is 0 Å². The lowest BCUT2D eigenvalue weighted by Gasteiger charge is -2.17. The van der Waals surface area contributed by atoms with Crippen LogP contribution >= 0.6 is 0 Å². The van der Waals surface area contributed by atoms with Gasteiger partial charge < -0.3 is 9.64 Å². The average Bonchev–Trinajstić information content (AvgIpc) is 2.26. The largest absolute Gasteiger partial charge is 0.469 e. The second kappa shape index (κ2) is 5.34. The highest BCUT2D eigenvalue weighted by molar-refractivity contribution is 5.69. The highest BCUT2D eigenvalue weighted by atomic mass is 16.5. The van der Waals surface area contributed by atoms with Crippen molar-refractivity contribution in [1.82, 2.24) is 4.98 Å². The summed E-state index contributed by atoms with van der Waals surface area (Å²) < 4.78 is 4.57. The first-order valence-electron chi connectivity index (χ1n) is 4.84. The van der Waals surface area contributed by atoms with Gasteiger partial charge in [0.05, 0.1) is 13.5 Å². The number of carbonyl (C=O) groups is 1. The second-order valence-electron chi connectivity index (χ2n) is 3.44. The van der Waals surface area contributed by atoms with Crippen molar-refractivity contribution in [3.63, 3.8) is 0 Å². The van der Waals surface area contributed by atoms with Crippen molar-refractivity contribution in [2.75, 3.05) is 25.6 Å². The van der Waals surface area contributed by atoms with Crippen molar-refractivity contribution in [2.45, 2.75) is 13.3 Å². The van der Waals surface area contributed by atoms with Crippen LogP contribution < -0.4 is 4.90 Å². The maximum atomic E-state index is 10.9. The molecule has 15 heavy (non-hydrogen) atoms. The molecule has 1 rings (SSSR count). The third-order valence-corrected chi connectivity index (χ3v) is 2.17. The van der Waals surface area contributed by atoms with Gasteiger partial charge in [0.1, 0.15) is 5.82 Å². The van der Waals surface area contributed by atoms with Gasteiger partial charge in [0.2, 0.25) is 0 Å². The minimum atomic E-state index is -0.200. The quantitative estimate of drug-likeness (QED) is 0.701. The van der Waals surface area contributed by atoms with Crippen LogP contribution in [-0.4, -0.2) is 31.7 Å². The van der Waals surface area contributed by atoms with E-state index in [2.05, 4.69) is 9.72 Å². The van der Waals surface area contributed by atoms with Gasteiger partial charge in [-0.25, -0.2) is 4.98 Å². The zero-order chi connectivity index (χ0) is 11.3. The topological polar surface area (TPSA) is 42.4 Å². The lowest BCUT2D eigenvalue weighted by atomic mass is 10.3. The van der Waals surface area contributed by atoms with Crippen LogP contribution in [0, 0.1) is 6.92 Å². The molecule has 0 N–H and O–H groups in total. The summed E-state index contributed by atoms with van der Waals surface area (Å²) in [6, 6.07) is 3.93. The Balaban J connectivity index is 2.50. The summed E-state index contributed by atoms with van der Waals surface area (Å²) in [5, 5.41) is 0. The number of hydrogen-bond acceptors (Lipinski definition) is 4. The Morgan fingerprint density at radius 2 is 2.27 bits per heavy atom. The molecule has 1 aromatic heterocycles. The molecule has 0 saturated heterocycles. The fourth-order valence-electron chi connectivity index (χ4n) is 1.16. The summed E-state index contributed by atoms with van der Waals surface area (Å²) in [5.41, 5.74) is 1.13. The van der Waals surface area contributed by atoms with Gasteiger partial charge in [-0.2, -0.15) is 0 Å². The Morgan fingerprint density at radius 3 is 2.80 bits per heavy atom. The summed E-state index contributed by atoms with van der Waals surface area (Å²) in [7, 11) is 3.30. The van der Waals surface area contributed by atoms with E-state index in [1.165, 1.54) is 7.11 Å². The third kappa shape index (κ3) is 3.58. The molecule has 82 valence electrons. The molecule has 4 heteroatoms. The minimum Gasteiger partial charge on any atom is -0.469 e. The van der Waals surface area contributed by atoms with Crippen LogP contribution in [0.3, 0.4) is 0 Å². The Hall–Kier alpha value is -1.58. The predicted octanol–water partition coefficient (Wildman–Crippen LogP) is 1.39. The van der Waals surface area contributed by atoms with E-state index >= 15 is 0 Å². The number of carbonyl (C=O) groups excluding carboxylic acids is 1. The van der Waals surface area contributed by atoms with Crippen LogP contribution in [0.15, 0.2) is 18.3 Å². The fourth-order valence-corrected chi connectivity index (χ4v) is 1.16. The number of ether oxygens (including phenoxy) is 1. The molecule has 0 atom stereocenters. The van der Waals surface area contributed by atoms with Gasteiger partial charge in [-0.15, -0.1) is 0 Å². The van der Waals surface area contributed by atoms with E-state index in [0.717, 1.165) is 11.4 Å². The number of methoxy groups -OCH3 is 1. The lowest BCUT2D eigenvalue weighted by Crippen LogP contribution is -2.22. The van der Waals surface area contributed by atoms with Crippen molar-refractivity contribution < 1.29 is 9.53 Å². The number of aryl methyl sites for hydroxylation is 1. The van der Waals surface area contributed by atoms with Crippen LogP contribution in [-0.2, 0) is 9.53 Å². The molecular weight excluding hydrogens is 192 g/mol. The predicted molar refractivity (Wildman–Crippen MR) is 58.9 cm³/mol. The average molecular weight is 208 g/mol. The van der Waals surface area contributed by atoms with Gasteiger partial charge in [0, 0.05) is 19.8 Å². The van der Waals surface area contributed by atoms with Gasteiger partial charge in [-0.1, -0.05) is 6.07 Å². The fraction of sp³-hybridized carbons (Fsp3) is 0.455. The molecule has 1 heterocycles. The summed E-state index contributed by atoms with van der Waals surface area (Å²) in [5.74, 6) is 0.665. The number of nitrogens with zero attached hydrogens (tertiary/aromatic N) is 2. The van der Waals surface area contributed by atoms with E-state index in [9.17, 15) is 4.79 Å². The molecule has 0 unspecified atom stereocenters. The van der Waals surface area contributed by atoms with Gasteiger partial charge in [-0.05, 0) is 18.6 Å². The zero-order valence-electron chi connectivity index (χ0n) is 9.36. The summed E-state index contributed by atoms with van der Waals surface area (Å²) in [4.78, 5) is 17.1. The molecule has 0 aliphatic heterocycles. The van der Waals surface area contributed by atoms with Crippen LogP contribution in [0.2, 0.25) is 0 Å². The van der Waals surface area contributed by atoms with Crippen LogP contribution in [0.5, 0.6) is 0 Å². The number of esters is 1. The maximum Gasteiger partial charge on any atom is 0.307 e. The van der Waals surface area contributed by atoms with Crippen LogP contribution in [0.1, 0.15) is 12.0 Å². The molecule has 0 bridgehead atoms. The second-order valence-corrected chi connectivity index (χ2v) is 3.44. The molecule has 1 aromatic rings. The van der Waals surface area contributed by atoms with Crippen LogP contribution in [0.4, 0.5) is 5.82 Å². The first kappa shape index (κ1) is 11.5. The molecule has 0 amide bonds. The van der Waals surface area contributed by atoms with Crippen molar-refractivity contribution >= 4 is 11.8 Å². The first-order valence-corrected chi connectivity index (χ1v) is 4.84. The van der Waals surface area contributed by atoms with Crippen molar-refractivity contribution in [3.05, 3.63) is 23.9 Å². The van der Waals surface area contributed by atoms with Crippen molar-refractivity contribution in [3.8, 4) is 0 Å². The number of rotatable bonds is 4. The molecule has 0 aliphatic carbocycles. The summed E-state index contributed by atoms with van der Waals surface area (Å²) in [6.45, 7) is 2.61. The number of anilines is 1. The van der Waals surface area contributed by atoms with E-state index in [1.54, 1.807) is 0 Å². The summed E-state index contributed by atoms with van der Waals surface area (Å²) in [6.07, 6.45) is 2.19. The molecule has 0 fully saturated rings. The molecule has 4 nitrogen and oxygen atoms in total. The number of aromatic nitrogens is 1. The van der Waals surface area contributed by atoms with Crippen molar-refractivity contribution in [1.29, 1.82) is 0 Å². The smallest absolute Gasteiger partial charge is 0.307 e.